The number of fused-ring (bicyclic) bond motifs is 1. The van der Waals surface area contributed by atoms with E-state index in [0.29, 0.717) is 40.5 Å². The lowest BCUT2D eigenvalue weighted by Gasteiger charge is -2.08. The van der Waals surface area contributed by atoms with Gasteiger partial charge in [-0.05, 0) is 54.1 Å². The molecule has 0 unspecified atom stereocenters. The normalized spacial score (nSPS) is 10.8. The third-order valence-corrected chi connectivity index (χ3v) is 4.82. The SMILES string of the molecule is COc1cccc(CNC(=O)c2cc3ccc(=O)n(-c4ccc(OCF)cc4)c3[nH]2)c1. The number of aromatic nitrogens is 2. The minimum Gasteiger partial charge on any atom is -0.497 e. The maximum Gasteiger partial charge on any atom is 0.268 e. The van der Waals surface area contributed by atoms with Crippen molar-refractivity contribution in [1.82, 2.24) is 14.9 Å². The van der Waals surface area contributed by atoms with E-state index in [2.05, 4.69) is 10.3 Å². The smallest absolute Gasteiger partial charge is 0.268 e. The largest absolute Gasteiger partial charge is 0.497 e. The van der Waals surface area contributed by atoms with E-state index in [9.17, 15) is 14.0 Å². The van der Waals surface area contributed by atoms with Crippen LogP contribution in [0.4, 0.5) is 4.39 Å². The Kier molecular flexibility index (Phi) is 5.70. The van der Waals surface area contributed by atoms with Crippen LogP contribution in [-0.4, -0.2) is 29.4 Å². The molecule has 2 aromatic carbocycles. The highest BCUT2D eigenvalue weighted by Gasteiger charge is 2.14. The first-order chi connectivity index (χ1) is 15.1. The van der Waals surface area contributed by atoms with Crippen LogP contribution >= 0.6 is 0 Å². The minimum atomic E-state index is -0.931. The van der Waals surface area contributed by atoms with Crippen LogP contribution in [0.5, 0.6) is 11.5 Å². The molecule has 4 aromatic rings. The highest BCUT2D eigenvalue weighted by molar-refractivity contribution is 5.97. The zero-order chi connectivity index (χ0) is 21.8. The van der Waals surface area contributed by atoms with Gasteiger partial charge in [0.15, 0.2) is 0 Å². The molecule has 1 amide bonds. The number of hydrogen-bond acceptors (Lipinski definition) is 4. The summed E-state index contributed by atoms with van der Waals surface area (Å²) in [6, 6.07) is 18.6. The van der Waals surface area contributed by atoms with Crippen LogP contribution in [-0.2, 0) is 6.54 Å². The molecule has 2 heterocycles. The second-order valence-electron chi connectivity index (χ2n) is 6.78. The average Bonchev–Trinajstić information content (AvgIpc) is 3.23. The van der Waals surface area contributed by atoms with Crippen molar-refractivity contribution in [3.63, 3.8) is 0 Å². The van der Waals surface area contributed by atoms with Gasteiger partial charge in [-0.1, -0.05) is 12.1 Å². The van der Waals surface area contributed by atoms with Crippen LogP contribution < -0.4 is 20.3 Å². The molecule has 158 valence electrons. The maximum absolute atomic E-state index is 12.7. The van der Waals surface area contributed by atoms with Gasteiger partial charge in [-0.3, -0.25) is 14.2 Å². The number of benzene rings is 2. The lowest BCUT2D eigenvalue weighted by atomic mass is 10.2. The van der Waals surface area contributed by atoms with Gasteiger partial charge in [0.05, 0.1) is 12.8 Å². The summed E-state index contributed by atoms with van der Waals surface area (Å²) in [6.07, 6.45) is 0. The Morgan fingerprint density at radius 1 is 1.06 bits per heavy atom. The number of nitrogens with one attached hydrogen (secondary N) is 2. The number of H-pyrrole nitrogens is 1. The number of nitrogens with zero attached hydrogens (tertiary/aromatic N) is 1. The molecule has 0 fully saturated rings. The molecule has 0 aliphatic heterocycles. The fourth-order valence-electron chi connectivity index (χ4n) is 3.31. The van der Waals surface area contributed by atoms with Crippen LogP contribution in [0.25, 0.3) is 16.7 Å². The second kappa shape index (κ2) is 8.74. The number of methoxy groups -OCH3 is 1. The summed E-state index contributed by atoms with van der Waals surface area (Å²) < 4.78 is 23.8. The molecule has 4 rings (SSSR count). The zero-order valence-corrected chi connectivity index (χ0v) is 16.7. The number of rotatable bonds is 7. The molecule has 0 saturated carbocycles. The molecule has 0 atom stereocenters. The third kappa shape index (κ3) is 4.28. The Labute approximate surface area is 177 Å². The van der Waals surface area contributed by atoms with Crippen LogP contribution in [0.2, 0.25) is 0 Å². The van der Waals surface area contributed by atoms with Gasteiger partial charge in [0.2, 0.25) is 6.86 Å². The van der Waals surface area contributed by atoms with E-state index in [4.69, 9.17) is 9.47 Å². The number of alkyl halides is 1. The molecular weight excluding hydrogens is 401 g/mol. The predicted octanol–water partition coefficient (Wildman–Crippen LogP) is 3.56. The quantitative estimate of drug-likeness (QED) is 0.478. The number of carbonyl (C=O) groups is 1. The van der Waals surface area contributed by atoms with Crippen molar-refractivity contribution in [3.05, 3.63) is 88.3 Å². The molecule has 7 nitrogen and oxygen atoms in total. The molecule has 0 aliphatic carbocycles. The van der Waals surface area contributed by atoms with E-state index in [1.807, 2.05) is 24.3 Å². The van der Waals surface area contributed by atoms with Crippen molar-refractivity contribution in [2.24, 2.45) is 0 Å². The van der Waals surface area contributed by atoms with Crippen LogP contribution in [0, 0.1) is 0 Å². The van der Waals surface area contributed by atoms with Gasteiger partial charge >= 0.3 is 0 Å². The van der Waals surface area contributed by atoms with Crippen molar-refractivity contribution >= 4 is 16.9 Å². The fraction of sp³-hybridized carbons (Fsp3) is 0.130. The summed E-state index contributed by atoms with van der Waals surface area (Å²) in [4.78, 5) is 28.2. The molecule has 8 heteroatoms. The zero-order valence-electron chi connectivity index (χ0n) is 16.7. The predicted molar refractivity (Wildman–Crippen MR) is 115 cm³/mol. The summed E-state index contributed by atoms with van der Waals surface area (Å²) in [5.74, 6) is 0.768. The lowest BCUT2D eigenvalue weighted by molar-refractivity contribution is 0.0946. The van der Waals surface area contributed by atoms with Gasteiger partial charge < -0.3 is 19.8 Å². The minimum absolute atomic E-state index is 0.267. The molecule has 0 bridgehead atoms. The second-order valence-corrected chi connectivity index (χ2v) is 6.78. The number of ether oxygens (including phenoxy) is 2. The Hall–Kier alpha value is -4.07. The van der Waals surface area contributed by atoms with Gasteiger partial charge in [-0.25, -0.2) is 4.39 Å². The topological polar surface area (TPSA) is 85.3 Å². The Morgan fingerprint density at radius 3 is 2.61 bits per heavy atom. The monoisotopic (exact) mass is 421 g/mol. The highest BCUT2D eigenvalue weighted by Crippen LogP contribution is 2.20. The van der Waals surface area contributed by atoms with Gasteiger partial charge in [0.1, 0.15) is 22.8 Å². The van der Waals surface area contributed by atoms with E-state index in [0.717, 1.165) is 5.56 Å². The Balaban J connectivity index is 1.61. The third-order valence-electron chi connectivity index (χ3n) is 4.82. The molecular formula is C23H20FN3O4. The van der Waals surface area contributed by atoms with E-state index in [-0.39, 0.29) is 11.5 Å². The Morgan fingerprint density at radius 2 is 1.87 bits per heavy atom. The van der Waals surface area contributed by atoms with Crippen LogP contribution in [0.3, 0.4) is 0 Å². The molecule has 0 radical (unpaired) electrons. The van der Waals surface area contributed by atoms with Gasteiger partial charge in [0.25, 0.3) is 11.5 Å². The van der Waals surface area contributed by atoms with Gasteiger partial charge in [0, 0.05) is 18.0 Å². The molecule has 0 saturated heterocycles. The van der Waals surface area contributed by atoms with Gasteiger partial charge in [-0.2, -0.15) is 0 Å². The maximum atomic E-state index is 12.7. The summed E-state index contributed by atoms with van der Waals surface area (Å²) in [6.45, 7) is -0.603. The standard InChI is InChI=1S/C23H20FN3O4/c1-30-19-4-2-3-15(11-19)13-25-23(29)20-12-16-5-10-21(28)27(22(16)26-20)17-6-8-18(9-7-17)31-14-24/h2-12,26H,13-14H2,1H3,(H,25,29). The van der Waals surface area contributed by atoms with Crippen LogP contribution in [0.15, 0.2) is 71.5 Å². The van der Waals surface area contributed by atoms with Gasteiger partial charge in [-0.15, -0.1) is 0 Å². The van der Waals surface area contributed by atoms with E-state index in [1.54, 1.807) is 43.5 Å². The molecule has 0 aliphatic rings. The van der Waals surface area contributed by atoms with Crippen molar-refractivity contribution < 1.29 is 18.7 Å². The van der Waals surface area contributed by atoms with Crippen molar-refractivity contribution in [2.75, 3.05) is 14.0 Å². The van der Waals surface area contributed by atoms with Crippen molar-refractivity contribution in [1.29, 1.82) is 0 Å². The van der Waals surface area contributed by atoms with Crippen LogP contribution in [0.1, 0.15) is 16.1 Å². The summed E-state index contributed by atoms with van der Waals surface area (Å²) >= 11 is 0. The summed E-state index contributed by atoms with van der Waals surface area (Å²) in [5.41, 5.74) is 2.01. The number of hydrogen-bond donors (Lipinski definition) is 2. The fourth-order valence-corrected chi connectivity index (χ4v) is 3.31. The number of amides is 1. The van der Waals surface area contributed by atoms with Crippen molar-refractivity contribution in [3.8, 4) is 17.2 Å². The summed E-state index contributed by atoms with van der Waals surface area (Å²) in [5, 5.41) is 3.56. The van der Waals surface area contributed by atoms with E-state index >= 15 is 0 Å². The summed E-state index contributed by atoms with van der Waals surface area (Å²) in [7, 11) is 1.59. The molecule has 0 spiro atoms. The Bertz CT molecular complexity index is 1280. The lowest BCUT2D eigenvalue weighted by Crippen LogP contribution is -2.23. The number of pyridine rings is 1. The molecule has 2 N–H and O–H groups in total. The first-order valence-electron chi connectivity index (χ1n) is 9.54. The highest BCUT2D eigenvalue weighted by atomic mass is 19.1. The van der Waals surface area contributed by atoms with E-state index in [1.165, 1.54) is 10.6 Å². The number of aromatic amines is 1. The first-order valence-corrected chi connectivity index (χ1v) is 9.54. The number of halogens is 1. The van der Waals surface area contributed by atoms with Crippen molar-refractivity contribution in [2.45, 2.75) is 6.54 Å². The molecule has 2 aromatic heterocycles. The average molecular weight is 421 g/mol. The number of carbonyl (C=O) groups excluding carboxylic acids is 1. The first kappa shape index (κ1) is 20.2. The molecule has 31 heavy (non-hydrogen) atoms. The van der Waals surface area contributed by atoms with E-state index < -0.39 is 6.86 Å².